The molecule has 2 rings (SSSR count). The van der Waals surface area contributed by atoms with Crippen LogP contribution in [-0.4, -0.2) is 40.8 Å². The second-order valence-electron chi connectivity index (χ2n) is 6.48. The molecule has 0 saturated carbocycles. The Morgan fingerprint density at radius 2 is 1.57 bits per heavy atom. The molecule has 0 bridgehead atoms. The summed E-state index contributed by atoms with van der Waals surface area (Å²) in [5, 5.41) is 3.11. The zero-order valence-electron chi connectivity index (χ0n) is 18.3. The van der Waals surface area contributed by atoms with Crippen molar-refractivity contribution in [3.8, 4) is 11.5 Å². The predicted molar refractivity (Wildman–Crippen MR) is 120 cm³/mol. The SMILES string of the molecule is CCNCC.CCc1ccc(OCc2ccc(C(=O)NS(C)(=O)=O)c(OC)c2)cc1. The smallest absolute Gasteiger partial charge is 0.268 e. The summed E-state index contributed by atoms with van der Waals surface area (Å²) in [7, 11) is -2.22. The summed E-state index contributed by atoms with van der Waals surface area (Å²) < 4.78 is 35.2. The lowest BCUT2D eigenvalue weighted by Gasteiger charge is -2.11. The summed E-state index contributed by atoms with van der Waals surface area (Å²) in [4.78, 5) is 12.0. The molecule has 0 unspecified atom stereocenters. The first-order chi connectivity index (χ1) is 14.2. The highest BCUT2D eigenvalue weighted by Crippen LogP contribution is 2.22. The third-order valence-corrected chi connectivity index (χ3v) is 4.58. The number of nitrogens with one attached hydrogen (secondary N) is 2. The van der Waals surface area contributed by atoms with Crippen molar-refractivity contribution >= 4 is 15.9 Å². The van der Waals surface area contributed by atoms with Crippen LogP contribution in [0, 0.1) is 0 Å². The van der Waals surface area contributed by atoms with E-state index in [1.807, 2.05) is 29.0 Å². The Morgan fingerprint density at radius 1 is 0.967 bits per heavy atom. The molecule has 7 nitrogen and oxygen atoms in total. The maximum atomic E-state index is 12.0. The van der Waals surface area contributed by atoms with Gasteiger partial charge in [-0.05, 0) is 54.9 Å². The van der Waals surface area contributed by atoms with Crippen molar-refractivity contribution in [1.29, 1.82) is 0 Å². The highest BCUT2D eigenvalue weighted by molar-refractivity contribution is 7.89. The molecule has 2 aromatic carbocycles. The average molecular weight is 437 g/mol. The molecular weight excluding hydrogens is 404 g/mol. The minimum absolute atomic E-state index is 0.143. The van der Waals surface area contributed by atoms with Crippen LogP contribution < -0.4 is 19.5 Å². The number of hydrogen-bond acceptors (Lipinski definition) is 6. The van der Waals surface area contributed by atoms with Gasteiger partial charge in [-0.3, -0.25) is 4.79 Å². The van der Waals surface area contributed by atoms with E-state index in [0.717, 1.165) is 37.1 Å². The molecule has 0 aliphatic heterocycles. The van der Waals surface area contributed by atoms with Crippen LogP contribution in [0.15, 0.2) is 42.5 Å². The predicted octanol–water partition coefficient (Wildman–Crippen LogP) is 3.14. The fraction of sp³-hybridized carbons (Fsp3) is 0.409. The topological polar surface area (TPSA) is 93.7 Å². The number of ether oxygens (including phenoxy) is 2. The van der Waals surface area contributed by atoms with Crippen LogP contribution in [0.1, 0.15) is 42.3 Å². The van der Waals surface area contributed by atoms with Crippen molar-refractivity contribution in [1.82, 2.24) is 10.0 Å². The van der Waals surface area contributed by atoms with Crippen LogP contribution in [-0.2, 0) is 23.1 Å². The lowest BCUT2D eigenvalue weighted by atomic mass is 10.1. The lowest BCUT2D eigenvalue weighted by molar-refractivity contribution is 0.0978. The lowest BCUT2D eigenvalue weighted by Crippen LogP contribution is -2.29. The number of amides is 1. The summed E-state index contributed by atoms with van der Waals surface area (Å²) in [6.07, 6.45) is 1.89. The number of aryl methyl sites for hydroxylation is 1. The average Bonchev–Trinajstić information content (AvgIpc) is 2.72. The minimum atomic E-state index is -3.64. The summed E-state index contributed by atoms with van der Waals surface area (Å²) >= 11 is 0. The van der Waals surface area contributed by atoms with E-state index in [0.29, 0.717) is 6.61 Å². The number of hydrogen-bond donors (Lipinski definition) is 2. The van der Waals surface area contributed by atoms with Crippen molar-refractivity contribution in [2.75, 3.05) is 26.5 Å². The van der Waals surface area contributed by atoms with Gasteiger partial charge in [0.1, 0.15) is 18.1 Å². The first-order valence-electron chi connectivity index (χ1n) is 9.85. The molecule has 30 heavy (non-hydrogen) atoms. The molecule has 0 atom stereocenters. The fourth-order valence-corrected chi connectivity index (χ4v) is 2.92. The van der Waals surface area contributed by atoms with Gasteiger partial charge in [0.05, 0.1) is 18.9 Å². The van der Waals surface area contributed by atoms with E-state index in [1.54, 1.807) is 12.1 Å². The van der Waals surface area contributed by atoms with Crippen LogP contribution in [0.2, 0.25) is 0 Å². The van der Waals surface area contributed by atoms with Crippen molar-refractivity contribution in [2.45, 2.75) is 33.8 Å². The molecule has 2 aromatic rings. The molecule has 0 fully saturated rings. The van der Waals surface area contributed by atoms with Gasteiger partial charge in [-0.15, -0.1) is 0 Å². The van der Waals surface area contributed by atoms with Gasteiger partial charge in [-0.2, -0.15) is 0 Å². The summed E-state index contributed by atoms with van der Waals surface area (Å²) in [6, 6.07) is 12.7. The maximum absolute atomic E-state index is 12.0. The number of carbonyl (C=O) groups excluding carboxylic acids is 1. The quantitative estimate of drug-likeness (QED) is 0.627. The van der Waals surface area contributed by atoms with Crippen LogP contribution in [0.25, 0.3) is 0 Å². The molecule has 1 amide bonds. The van der Waals surface area contributed by atoms with Gasteiger partial charge in [-0.1, -0.05) is 39.0 Å². The Bertz CT molecular complexity index is 894. The van der Waals surface area contributed by atoms with Crippen molar-refractivity contribution in [2.24, 2.45) is 0 Å². The van der Waals surface area contributed by atoms with Crippen molar-refractivity contribution < 1.29 is 22.7 Å². The Balaban J connectivity index is 0.000000804. The maximum Gasteiger partial charge on any atom is 0.268 e. The van der Waals surface area contributed by atoms with Gasteiger partial charge >= 0.3 is 0 Å². The third kappa shape index (κ3) is 9.28. The molecule has 0 aromatic heterocycles. The number of benzene rings is 2. The molecule has 0 radical (unpaired) electrons. The molecule has 8 heteroatoms. The molecule has 0 aliphatic rings. The van der Waals surface area contributed by atoms with Gasteiger partial charge in [-0.25, -0.2) is 13.1 Å². The standard InChI is InChI=1S/C18H21NO5S.C4H11N/c1-4-13-5-8-15(9-6-13)24-12-14-7-10-16(17(11-14)23-2)18(20)19-25(3,21)22;1-3-5-4-2/h5-11H,4,12H2,1-3H3,(H,19,20);5H,3-4H2,1-2H3. The highest BCUT2D eigenvalue weighted by atomic mass is 32.2. The molecule has 2 N–H and O–H groups in total. The van der Waals surface area contributed by atoms with E-state index < -0.39 is 15.9 Å². The van der Waals surface area contributed by atoms with Gasteiger partial charge in [0.25, 0.3) is 5.91 Å². The van der Waals surface area contributed by atoms with Crippen LogP contribution in [0.3, 0.4) is 0 Å². The number of carbonyl (C=O) groups is 1. The minimum Gasteiger partial charge on any atom is -0.496 e. The molecule has 166 valence electrons. The molecular formula is C22H32N2O5S. The second-order valence-corrected chi connectivity index (χ2v) is 8.23. The molecule has 0 aliphatic carbocycles. The number of methoxy groups -OCH3 is 1. The van der Waals surface area contributed by atoms with Crippen molar-refractivity contribution in [3.63, 3.8) is 0 Å². The van der Waals surface area contributed by atoms with Crippen LogP contribution in [0.5, 0.6) is 11.5 Å². The summed E-state index contributed by atoms with van der Waals surface area (Å²) in [5.41, 5.74) is 2.17. The van der Waals surface area contributed by atoms with Gasteiger partial charge in [0, 0.05) is 0 Å². The van der Waals surface area contributed by atoms with Crippen LogP contribution >= 0.6 is 0 Å². The largest absolute Gasteiger partial charge is 0.496 e. The van der Waals surface area contributed by atoms with Gasteiger partial charge < -0.3 is 14.8 Å². The first-order valence-corrected chi connectivity index (χ1v) is 11.7. The zero-order valence-corrected chi connectivity index (χ0v) is 19.1. The van der Waals surface area contributed by atoms with E-state index in [2.05, 4.69) is 26.1 Å². The van der Waals surface area contributed by atoms with Gasteiger partial charge in [0.15, 0.2) is 0 Å². The summed E-state index contributed by atoms with van der Waals surface area (Å²) in [5.74, 6) is 0.292. The number of sulfonamides is 1. The molecule has 0 spiro atoms. The fourth-order valence-electron chi connectivity index (χ4n) is 2.47. The zero-order chi connectivity index (χ0) is 22.6. The van der Waals surface area contributed by atoms with E-state index in [1.165, 1.54) is 18.7 Å². The Morgan fingerprint density at radius 3 is 2.03 bits per heavy atom. The summed E-state index contributed by atoms with van der Waals surface area (Å²) in [6.45, 7) is 8.78. The van der Waals surface area contributed by atoms with E-state index in [4.69, 9.17) is 9.47 Å². The van der Waals surface area contributed by atoms with E-state index in [-0.39, 0.29) is 11.3 Å². The highest BCUT2D eigenvalue weighted by Gasteiger charge is 2.16. The number of rotatable bonds is 9. The first kappa shape index (κ1) is 25.5. The molecule has 0 saturated heterocycles. The van der Waals surface area contributed by atoms with E-state index in [9.17, 15) is 13.2 Å². The Kier molecular flexibility index (Phi) is 10.9. The second kappa shape index (κ2) is 12.9. The van der Waals surface area contributed by atoms with Crippen LogP contribution in [0.4, 0.5) is 0 Å². The molecule has 0 heterocycles. The Hall–Kier alpha value is -2.58. The monoisotopic (exact) mass is 436 g/mol. The third-order valence-electron chi connectivity index (χ3n) is 4.03. The normalized spacial score (nSPS) is 10.6. The van der Waals surface area contributed by atoms with E-state index >= 15 is 0 Å². The van der Waals surface area contributed by atoms with Gasteiger partial charge in [0.2, 0.25) is 10.0 Å². The Labute approximate surface area is 179 Å². The van der Waals surface area contributed by atoms with Crippen molar-refractivity contribution in [3.05, 3.63) is 59.2 Å².